The number of nitrogens with one attached hydrogen (secondary N) is 2. The van der Waals surface area contributed by atoms with E-state index in [2.05, 4.69) is 32.7 Å². The highest BCUT2D eigenvalue weighted by atomic mass is 16.2. The molecule has 2 aromatic rings. The van der Waals surface area contributed by atoms with Crippen LogP contribution in [0.4, 0.5) is 0 Å². The summed E-state index contributed by atoms with van der Waals surface area (Å²) in [5, 5.41) is 6.21. The molecule has 21 heavy (non-hydrogen) atoms. The first-order valence-corrected chi connectivity index (χ1v) is 7.09. The molecule has 0 bridgehead atoms. The van der Waals surface area contributed by atoms with Crippen LogP contribution in [-0.2, 0) is 24.3 Å². The summed E-state index contributed by atoms with van der Waals surface area (Å²) < 4.78 is 0. The van der Waals surface area contributed by atoms with E-state index >= 15 is 0 Å². The zero-order valence-corrected chi connectivity index (χ0v) is 12.0. The van der Waals surface area contributed by atoms with Crippen molar-refractivity contribution in [3.63, 3.8) is 0 Å². The second-order valence-electron chi connectivity index (χ2n) is 5.22. The Morgan fingerprint density at radius 3 is 2.95 bits per heavy atom. The summed E-state index contributed by atoms with van der Waals surface area (Å²) >= 11 is 0. The van der Waals surface area contributed by atoms with Gasteiger partial charge in [-0.05, 0) is 30.5 Å². The fourth-order valence-corrected chi connectivity index (χ4v) is 2.54. The van der Waals surface area contributed by atoms with Crippen molar-refractivity contribution in [3.05, 3.63) is 59.2 Å². The van der Waals surface area contributed by atoms with E-state index in [0.717, 1.165) is 18.7 Å². The molecule has 0 saturated heterocycles. The topological polar surface area (TPSA) is 66.9 Å². The molecule has 3 rings (SSSR count). The molecule has 0 saturated carbocycles. The first-order chi connectivity index (χ1) is 10.2. The Labute approximate surface area is 123 Å². The first kappa shape index (κ1) is 13.7. The van der Waals surface area contributed by atoms with Gasteiger partial charge >= 0.3 is 0 Å². The van der Waals surface area contributed by atoms with E-state index in [1.54, 1.807) is 6.20 Å². The Bertz CT molecular complexity index is 656. The van der Waals surface area contributed by atoms with Crippen molar-refractivity contribution < 1.29 is 4.79 Å². The zero-order valence-electron chi connectivity index (χ0n) is 12.0. The van der Waals surface area contributed by atoms with Crippen LogP contribution in [0.3, 0.4) is 0 Å². The highest BCUT2D eigenvalue weighted by Crippen LogP contribution is 2.16. The molecule has 0 aliphatic carbocycles. The summed E-state index contributed by atoms with van der Waals surface area (Å²) in [6.07, 6.45) is 2.43. The van der Waals surface area contributed by atoms with E-state index in [-0.39, 0.29) is 11.9 Å². The molecule has 5 heteroatoms. The highest BCUT2D eigenvalue weighted by molar-refractivity contribution is 5.82. The third-order valence-corrected chi connectivity index (χ3v) is 3.68. The second kappa shape index (κ2) is 6.01. The number of hydrogen-bond acceptors (Lipinski definition) is 4. The van der Waals surface area contributed by atoms with E-state index in [9.17, 15) is 4.79 Å². The molecule has 0 unspecified atom stereocenters. The fraction of sp³-hybridized carbons (Fsp3) is 0.312. The molecule has 5 nitrogen and oxygen atoms in total. The van der Waals surface area contributed by atoms with Gasteiger partial charge in [0.1, 0.15) is 5.82 Å². The first-order valence-electron chi connectivity index (χ1n) is 7.09. The number of aryl methyl sites for hydroxylation is 1. The monoisotopic (exact) mass is 282 g/mol. The van der Waals surface area contributed by atoms with Gasteiger partial charge in [0, 0.05) is 12.7 Å². The molecule has 1 amide bonds. The van der Waals surface area contributed by atoms with Crippen LogP contribution in [-0.4, -0.2) is 21.9 Å². The maximum atomic E-state index is 12.2. The van der Waals surface area contributed by atoms with E-state index < -0.39 is 0 Å². The number of hydrogen-bond donors (Lipinski definition) is 2. The molecular weight excluding hydrogens is 264 g/mol. The Morgan fingerprint density at radius 2 is 2.14 bits per heavy atom. The summed E-state index contributed by atoms with van der Waals surface area (Å²) in [5.74, 6) is 0.729. The Morgan fingerprint density at radius 1 is 1.33 bits per heavy atom. The lowest BCUT2D eigenvalue weighted by Crippen LogP contribution is -2.47. The number of nitrogens with zero attached hydrogens (tertiary/aromatic N) is 2. The number of amides is 1. The van der Waals surface area contributed by atoms with Gasteiger partial charge in [-0.15, -0.1) is 0 Å². The predicted octanol–water partition coefficient (Wildman–Crippen LogP) is 1.12. The summed E-state index contributed by atoms with van der Waals surface area (Å²) in [6.45, 7) is 3.01. The van der Waals surface area contributed by atoms with Crippen molar-refractivity contribution in [2.75, 3.05) is 0 Å². The van der Waals surface area contributed by atoms with Crippen molar-refractivity contribution in [3.8, 4) is 0 Å². The van der Waals surface area contributed by atoms with Gasteiger partial charge in [-0.2, -0.15) is 0 Å². The SMILES string of the molecule is Cc1nccc(CNC(=O)[C@H]2Cc3ccccc3CN2)n1. The number of benzene rings is 1. The third kappa shape index (κ3) is 3.25. The molecule has 0 spiro atoms. The molecule has 0 radical (unpaired) electrons. The number of carbonyl (C=O) groups is 1. The average molecular weight is 282 g/mol. The number of rotatable bonds is 3. The number of fused-ring (bicyclic) bond motifs is 1. The van der Waals surface area contributed by atoms with E-state index in [4.69, 9.17) is 0 Å². The van der Waals surface area contributed by atoms with Crippen molar-refractivity contribution in [1.82, 2.24) is 20.6 Å². The smallest absolute Gasteiger partial charge is 0.237 e. The maximum absolute atomic E-state index is 12.2. The van der Waals surface area contributed by atoms with Gasteiger partial charge in [0.25, 0.3) is 0 Å². The minimum absolute atomic E-state index is 0.0146. The van der Waals surface area contributed by atoms with Crippen LogP contribution in [0.2, 0.25) is 0 Å². The molecule has 1 aromatic heterocycles. The zero-order chi connectivity index (χ0) is 14.7. The lowest BCUT2D eigenvalue weighted by Gasteiger charge is -2.25. The largest absolute Gasteiger partial charge is 0.349 e. The van der Waals surface area contributed by atoms with Crippen LogP contribution >= 0.6 is 0 Å². The van der Waals surface area contributed by atoms with Crippen molar-refractivity contribution in [1.29, 1.82) is 0 Å². The lowest BCUT2D eigenvalue weighted by molar-refractivity contribution is -0.123. The minimum atomic E-state index is -0.178. The van der Waals surface area contributed by atoms with Crippen LogP contribution < -0.4 is 10.6 Å². The summed E-state index contributed by atoms with van der Waals surface area (Å²) in [6, 6.07) is 9.87. The predicted molar refractivity (Wildman–Crippen MR) is 79.4 cm³/mol. The third-order valence-electron chi connectivity index (χ3n) is 3.68. The summed E-state index contributed by atoms with van der Waals surface area (Å²) in [4.78, 5) is 20.6. The Balaban J connectivity index is 1.59. The standard InChI is InChI=1S/C16H18N4O/c1-11-17-7-6-14(20-11)10-19-16(21)15-8-12-4-2-3-5-13(12)9-18-15/h2-7,15,18H,8-10H2,1H3,(H,19,21)/t15-/m1/s1. The second-order valence-corrected chi connectivity index (χ2v) is 5.22. The highest BCUT2D eigenvalue weighted by Gasteiger charge is 2.23. The summed E-state index contributed by atoms with van der Waals surface area (Å²) in [7, 11) is 0. The van der Waals surface area contributed by atoms with Crippen LogP contribution in [0.25, 0.3) is 0 Å². The van der Waals surface area contributed by atoms with E-state index in [0.29, 0.717) is 12.4 Å². The van der Waals surface area contributed by atoms with Gasteiger partial charge < -0.3 is 10.6 Å². The van der Waals surface area contributed by atoms with Crippen LogP contribution in [0.5, 0.6) is 0 Å². The molecule has 108 valence electrons. The van der Waals surface area contributed by atoms with Crippen LogP contribution in [0.15, 0.2) is 36.5 Å². The molecule has 1 atom stereocenters. The van der Waals surface area contributed by atoms with Crippen molar-refractivity contribution in [2.45, 2.75) is 32.5 Å². The average Bonchev–Trinajstić information content (AvgIpc) is 2.52. The quantitative estimate of drug-likeness (QED) is 0.885. The van der Waals surface area contributed by atoms with E-state index in [1.807, 2.05) is 25.1 Å². The van der Waals surface area contributed by atoms with Gasteiger partial charge in [-0.3, -0.25) is 4.79 Å². The van der Waals surface area contributed by atoms with Gasteiger partial charge in [0.15, 0.2) is 0 Å². The normalized spacial score (nSPS) is 17.1. The molecule has 1 aliphatic rings. The molecule has 2 heterocycles. The molecular formula is C16H18N4O. The van der Waals surface area contributed by atoms with Crippen LogP contribution in [0, 0.1) is 6.92 Å². The maximum Gasteiger partial charge on any atom is 0.237 e. The van der Waals surface area contributed by atoms with Gasteiger partial charge in [-0.25, -0.2) is 9.97 Å². The van der Waals surface area contributed by atoms with Gasteiger partial charge in [0.05, 0.1) is 18.3 Å². The van der Waals surface area contributed by atoms with Gasteiger partial charge in [-0.1, -0.05) is 24.3 Å². The molecule has 1 aromatic carbocycles. The Hall–Kier alpha value is -2.27. The van der Waals surface area contributed by atoms with Crippen molar-refractivity contribution >= 4 is 5.91 Å². The number of carbonyl (C=O) groups excluding carboxylic acids is 1. The van der Waals surface area contributed by atoms with Crippen LogP contribution in [0.1, 0.15) is 22.6 Å². The van der Waals surface area contributed by atoms with Crippen molar-refractivity contribution in [2.24, 2.45) is 0 Å². The molecule has 0 fully saturated rings. The molecule has 2 N–H and O–H groups in total. The number of aromatic nitrogens is 2. The minimum Gasteiger partial charge on any atom is -0.349 e. The Kier molecular flexibility index (Phi) is 3.92. The fourth-order valence-electron chi connectivity index (χ4n) is 2.54. The molecule has 1 aliphatic heterocycles. The van der Waals surface area contributed by atoms with E-state index in [1.165, 1.54) is 11.1 Å². The summed E-state index contributed by atoms with van der Waals surface area (Å²) in [5.41, 5.74) is 3.34. The van der Waals surface area contributed by atoms with Gasteiger partial charge in [0.2, 0.25) is 5.91 Å². The lowest BCUT2D eigenvalue weighted by atomic mass is 9.95.